The lowest BCUT2D eigenvalue weighted by molar-refractivity contribution is -0.136. The lowest BCUT2D eigenvalue weighted by Gasteiger charge is -2.10. The van der Waals surface area contributed by atoms with Gasteiger partial charge in [0.1, 0.15) is 12.0 Å². The predicted molar refractivity (Wildman–Crippen MR) is 54.4 cm³/mol. The summed E-state index contributed by atoms with van der Waals surface area (Å²) >= 11 is 0. The number of carbonyl (C=O) groups excluding carboxylic acids is 1. The third-order valence-corrected chi connectivity index (χ3v) is 2.05. The Labute approximate surface area is 95.8 Å². The Hall–Kier alpha value is -1.98. The molecule has 0 aromatic heterocycles. The number of carboxylic acid groups (broad SMARTS) is 1. The van der Waals surface area contributed by atoms with Crippen LogP contribution >= 0.6 is 0 Å². The van der Waals surface area contributed by atoms with Crippen LogP contribution in [0, 0.1) is 0 Å². The Kier molecular flexibility index (Phi) is 4.56. The number of hydrogen-bond donors (Lipinski definition) is 1. The molecule has 92 valence electrons. The standard InChI is InChI=1S/C11H10F2O4/c12-11(13)17-9-5-7(6-14)1-2-8(9)3-4-10(15)16/h1-2,5-6,11H,3-4H2,(H,15,16). The fraction of sp³-hybridized carbons (Fsp3) is 0.273. The van der Waals surface area contributed by atoms with E-state index in [2.05, 4.69) is 4.74 Å². The minimum Gasteiger partial charge on any atom is -0.481 e. The van der Waals surface area contributed by atoms with Crippen LogP contribution in [-0.4, -0.2) is 24.0 Å². The SMILES string of the molecule is O=Cc1ccc(CCC(=O)O)c(OC(F)F)c1. The van der Waals surface area contributed by atoms with Crippen LogP contribution in [0.2, 0.25) is 0 Å². The number of rotatable bonds is 6. The Morgan fingerprint density at radius 3 is 2.71 bits per heavy atom. The highest BCUT2D eigenvalue weighted by atomic mass is 19.3. The second kappa shape index (κ2) is 5.93. The number of halogens is 2. The Bertz CT molecular complexity index is 418. The third-order valence-electron chi connectivity index (χ3n) is 2.05. The zero-order valence-corrected chi connectivity index (χ0v) is 8.73. The van der Waals surface area contributed by atoms with Crippen molar-refractivity contribution in [3.8, 4) is 5.75 Å². The highest BCUT2D eigenvalue weighted by Crippen LogP contribution is 2.23. The van der Waals surface area contributed by atoms with Crippen molar-refractivity contribution in [1.29, 1.82) is 0 Å². The summed E-state index contributed by atoms with van der Waals surface area (Å²) in [5.74, 6) is -1.20. The Morgan fingerprint density at radius 2 is 2.18 bits per heavy atom. The van der Waals surface area contributed by atoms with Gasteiger partial charge in [-0.1, -0.05) is 12.1 Å². The quantitative estimate of drug-likeness (QED) is 0.778. The van der Waals surface area contributed by atoms with Crippen LogP contribution in [-0.2, 0) is 11.2 Å². The van der Waals surface area contributed by atoms with Crippen molar-refractivity contribution in [2.45, 2.75) is 19.5 Å². The van der Waals surface area contributed by atoms with E-state index in [4.69, 9.17) is 5.11 Å². The molecule has 0 aliphatic rings. The summed E-state index contributed by atoms with van der Waals surface area (Å²) in [6.45, 7) is -3.01. The van der Waals surface area contributed by atoms with Crippen molar-refractivity contribution < 1.29 is 28.2 Å². The molecule has 4 nitrogen and oxygen atoms in total. The summed E-state index contributed by atoms with van der Waals surface area (Å²) in [6.07, 6.45) is 0.371. The van der Waals surface area contributed by atoms with E-state index in [0.717, 1.165) is 6.07 Å². The molecule has 0 aliphatic heterocycles. The average molecular weight is 244 g/mol. The van der Waals surface area contributed by atoms with E-state index in [0.29, 0.717) is 11.8 Å². The molecule has 0 unspecified atom stereocenters. The van der Waals surface area contributed by atoms with Crippen molar-refractivity contribution in [3.05, 3.63) is 29.3 Å². The van der Waals surface area contributed by atoms with E-state index in [9.17, 15) is 18.4 Å². The summed E-state index contributed by atoms with van der Waals surface area (Å²) in [5.41, 5.74) is 0.526. The molecule has 17 heavy (non-hydrogen) atoms. The van der Waals surface area contributed by atoms with Gasteiger partial charge in [0.05, 0.1) is 0 Å². The molecular weight excluding hydrogens is 234 g/mol. The van der Waals surface area contributed by atoms with E-state index >= 15 is 0 Å². The predicted octanol–water partition coefficient (Wildman–Crippen LogP) is 2.12. The van der Waals surface area contributed by atoms with E-state index in [1.165, 1.54) is 12.1 Å². The topological polar surface area (TPSA) is 63.6 Å². The summed E-state index contributed by atoms with van der Waals surface area (Å²) in [7, 11) is 0. The number of alkyl halides is 2. The maximum Gasteiger partial charge on any atom is 0.387 e. The van der Waals surface area contributed by atoms with Gasteiger partial charge in [-0.3, -0.25) is 9.59 Å². The van der Waals surface area contributed by atoms with Gasteiger partial charge < -0.3 is 9.84 Å². The highest BCUT2D eigenvalue weighted by molar-refractivity contribution is 5.76. The fourth-order valence-electron chi connectivity index (χ4n) is 1.30. The fourth-order valence-corrected chi connectivity index (χ4v) is 1.30. The third kappa shape index (κ3) is 4.18. The molecule has 0 radical (unpaired) electrons. The first-order chi connectivity index (χ1) is 8.02. The minimum absolute atomic E-state index is 0.0660. The first-order valence-electron chi connectivity index (χ1n) is 4.77. The van der Waals surface area contributed by atoms with Crippen LogP contribution in [0.1, 0.15) is 22.3 Å². The smallest absolute Gasteiger partial charge is 0.387 e. The first-order valence-corrected chi connectivity index (χ1v) is 4.77. The molecule has 0 atom stereocenters. The van der Waals surface area contributed by atoms with Gasteiger partial charge in [0.25, 0.3) is 0 Å². The van der Waals surface area contributed by atoms with Gasteiger partial charge in [-0.25, -0.2) is 0 Å². The molecule has 0 bridgehead atoms. The van der Waals surface area contributed by atoms with Crippen molar-refractivity contribution in [3.63, 3.8) is 0 Å². The van der Waals surface area contributed by atoms with E-state index in [-0.39, 0.29) is 24.2 Å². The van der Waals surface area contributed by atoms with Crippen LogP contribution in [0.25, 0.3) is 0 Å². The summed E-state index contributed by atoms with van der Waals surface area (Å²) in [6, 6.07) is 3.99. The molecule has 0 heterocycles. The van der Waals surface area contributed by atoms with Gasteiger partial charge in [0.15, 0.2) is 0 Å². The maximum atomic E-state index is 12.1. The molecule has 0 aliphatic carbocycles. The van der Waals surface area contributed by atoms with Crippen molar-refractivity contribution in [2.75, 3.05) is 0 Å². The number of carboxylic acids is 1. The largest absolute Gasteiger partial charge is 0.481 e. The van der Waals surface area contributed by atoms with E-state index in [1.807, 2.05) is 0 Å². The van der Waals surface area contributed by atoms with E-state index < -0.39 is 12.6 Å². The summed E-state index contributed by atoms with van der Waals surface area (Å²) < 4.78 is 28.5. The Balaban J connectivity index is 2.93. The monoisotopic (exact) mass is 244 g/mol. The van der Waals surface area contributed by atoms with Gasteiger partial charge in [-0.2, -0.15) is 8.78 Å². The molecule has 0 fully saturated rings. The molecular formula is C11H10F2O4. The molecule has 0 amide bonds. The summed E-state index contributed by atoms with van der Waals surface area (Å²) in [4.78, 5) is 20.9. The lowest BCUT2D eigenvalue weighted by atomic mass is 10.1. The van der Waals surface area contributed by atoms with Gasteiger partial charge >= 0.3 is 12.6 Å². The van der Waals surface area contributed by atoms with Crippen LogP contribution < -0.4 is 4.74 Å². The van der Waals surface area contributed by atoms with Crippen LogP contribution in [0.4, 0.5) is 8.78 Å². The molecule has 0 spiro atoms. The van der Waals surface area contributed by atoms with Crippen molar-refractivity contribution >= 4 is 12.3 Å². The lowest BCUT2D eigenvalue weighted by Crippen LogP contribution is -2.06. The van der Waals surface area contributed by atoms with Gasteiger partial charge in [-0.15, -0.1) is 0 Å². The second-order valence-electron chi connectivity index (χ2n) is 3.26. The second-order valence-corrected chi connectivity index (χ2v) is 3.26. The van der Waals surface area contributed by atoms with Crippen LogP contribution in [0.3, 0.4) is 0 Å². The van der Waals surface area contributed by atoms with Crippen molar-refractivity contribution in [1.82, 2.24) is 0 Å². The molecule has 1 N–H and O–H groups in total. The number of carbonyl (C=O) groups is 2. The molecule has 1 rings (SSSR count). The minimum atomic E-state index is -3.01. The zero-order valence-electron chi connectivity index (χ0n) is 8.73. The normalized spacial score (nSPS) is 10.3. The molecule has 0 saturated carbocycles. The molecule has 1 aromatic rings. The summed E-state index contributed by atoms with van der Waals surface area (Å²) in [5, 5.41) is 8.50. The van der Waals surface area contributed by atoms with E-state index in [1.54, 1.807) is 0 Å². The molecule has 0 saturated heterocycles. The maximum absolute atomic E-state index is 12.1. The Morgan fingerprint density at radius 1 is 1.47 bits per heavy atom. The number of aldehydes is 1. The number of ether oxygens (including phenoxy) is 1. The van der Waals surface area contributed by atoms with Gasteiger partial charge in [0.2, 0.25) is 0 Å². The molecule has 1 aromatic carbocycles. The number of aryl methyl sites for hydroxylation is 1. The van der Waals surface area contributed by atoms with Crippen LogP contribution in [0.15, 0.2) is 18.2 Å². The van der Waals surface area contributed by atoms with Gasteiger partial charge in [0, 0.05) is 12.0 Å². The number of hydrogen-bond acceptors (Lipinski definition) is 3. The van der Waals surface area contributed by atoms with Crippen LogP contribution in [0.5, 0.6) is 5.75 Å². The van der Waals surface area contributed by atoms with Gasteiger partial charge in [-0.05, 0) is 18.1 Å². The zero-order chi connectivity index (χ0) is 12.8. The highest BCUT2D eigenvalue weighted by Gasteiger charge is 2.11. The molecule has 6 heteroatoms. The first kappa shape index (κ1) is 13.1. The van der Waals surface area contributed by atoms with Crippen molar-refractivity contribution in [2.24, 2.45) is 0 Å². The number of benzene rings is 1. The number of aliphatic carboxylic acids is 1. The average Bonchev–Trinajstić information content (AvgIpc) is 2.26.